The van der Waals surface area contributed by atoms with Crippen molar-refractivity contribution in [2.45, 2.75) is 13.8 Å². The number of hydrogen-bond donors (Lipinski definition) is 1. The summed E-state index contributed by atoms with van der Waals surface area (Å²) in [7, 11) is 0. The van der Waals surface area contributed by atoms with E-state index in [0.717, 1.165) is 26.2 Å². The molecule has 21 heavy (non-hydrogen) atoms. The van der Waals surface area contributed by atoms with Gasteiger partial charge in [0, 0.05) is 5.69 Å². The summed E-state index contributed by atoms with van der Waals surface area (Å²) in [5, 5.41) is 13.9. The lowest BCUT2D eigenvalue weighted by Crippen LogP contribution is -2.15. The third kappa shape index (κ3) is 3.81. The molecule has 0 radical (unpaired) electrons. The molecule has 2 aromatic rings. The zero-order valence-corrected chi connectivity index (χ0v) is 14.0. The number of benzene rings is 1. The van der Waals surface area contributed by atoms with Gasteiger partial charge in [-0.3, -0.25) is 4.79 Å². The molecule has 5 heteroatoms. The number of para-hydroxylation sites is 1. The zero-order chi connectivity index (χ0) is 15.4. The molecule has 0 bridgehead atoms. The monoisotopic (exact) mass is 360 g/mol. The van der Waals surface area contributed by atoms with Gasteiger partial charge >= 0.3 is 0 Å². The third-order valence-corrected chi connectivity index (χ3v) is 4.51. The van der Waals surface area contributed by atoms with Crippen LogP contribution in [0.15, 0.2) is 39.0 Å². The van der Waals surface area contributed by atoms with Gasteiger partial charge in [0.05, 0.1) is 3.79 Å². The van der Waals surface area contributed by atoms with Crippen LogP contribution >= 0.6 is 27.3 Å². The van der Waals surface area contributed by atoms with Crippen LogP contribution in [0.4, 0.5) is 5.69 Å². The Hall–Kier alpha value is -1.90. The summed E-state index contributed by atoms with van der Waals surface area (Å²) < 4.78 is 0.959. The molecule has 0 atom stereocenters. The number of carbonyl (C=O) groups is 1. The first kappa shape index (κ1) is 15.5. The van der Waals surface area contributed by atoms with Crippen molar-refractivity contribution in [3.8, 4) is 6.07 Å². The van der Waals surface area contributed by atoms with E-state index in [2.05, 4.69) is 21.2 Å². The molecule has 0 aliphatic rings. The van der Waals surface area contributed by atoms with Crippen molar-refractivity contribution in [2.24, 2.45) is 0 Å². The molecule has 0 fully saturated rings. The molecule has 1 aromatic carbocycles. The maximum absolute atomic E-state index is 12.2. The fourth-order valence-corrected chi connectivity index (χ4v) is 3.04. The number of carbonyl (C=O) groups excluding carboxylic acids is 1. The number of thiophene rings is 1. The van der Waals surface area contributed by atoms with Gasteiger partial charge in [0.25, 0.3) is 5.91 Å². The van der Waals surface area contributed by atoms with Crippen molar-refractivity contribution >= 4 is 44.9 Å². The molecule has 0 unspecified atom stereocenters. The van der Waals surface area contributed by atoms with Gasteiger partial charge in [-0.05, 0) is 64.0 Å². The average molecular weight is 361 g/mol. The summed E-state index contributed by atoms with van der Waals surface area (Å²) in [5.41, 5.74) is 3.62. The van der Waals surface area contributed by atoms with Crippen LogP contribution in [0.25, 0.3) is 6.08 Å². The van der Waals surface area contributed by atoms with Crippen molar-refractivity contribution in [3.63, 3.8) is 0 Å². The first-order valence-electron chi connectivity index (χ1n) is 6.24. The smallest absolute Gasteiger partial charge is 0.266 e. The standard InChI is InChI=1S/C16H13BrN2OS/c1-10-4-3-5-11(2)15(10)19-16(20)13(8-18)6-12-7-14(17)21-9-12/h3-7,9H,1-2H3,(H,19,20)/b13-6+. The van der Waals surface area contributed by atoms with Crippen molar-refractivity contribution in [2.75, 3.05) is 5.32 Å². The number of halogens is 1. The van der Waals surface area contributed by atoms with E-state index in [9.17, 15) is 10.1 Å². The van der Waals surface area contributed by atoms with Crippen molar-refractivity contribution in [3.05, 3.63) is 55.7 Å². The van der Waals surface area contributed by atoms with Gasteiger partial charge in [0.1, 0.15) is 11.6 Å². The molecule has 1 amide bonds. The Morgan fingerprint density at radius 1 is 1.38 bits per heavy atom. The van der Waals surface area contributed by atoms with Gasteiger partial charge in [-0.2, -0.15) is 5.26 Å². The second-order valence-electron chi connectivity index (χ2n) is 4.57. The Labute approximate surface area is 136 Å². The highest BCUT2D eigenvalue weighted by Gasteiger charge is 2.12. The van der Waals surface area contributed by atoms with Crippen LogP contribution in [-0.2, 0) is 4.79 Å². The van der Waals surface area contributed by atoms with Crippen molar-refractivity contribution in [1.82, 2.24) is 0 Å². The van der Waals surface area contributed by atoms with Gasteiger partial charge in [-0.1, -0.05) is 18.2 Å². The SMILES string of the molecule is Cc1cccc(C)c1NC(=O)/C(C#N)=C/c1csc(Br)c1. The second kappa shape index (κ2) is 6.70. The molecule has 1 heterocycles. The maximum atomic E-state index is 12.2. The van der Waals surface area contributed by atoms with E-state index in [1.54, 1.807) is 6.08 Å². The second-order valence-corrected chi connectivity index (χ2v) is 6.87. The van der Waals surface area contributed by atoms with E-state index in [0.29, 0.717) is 0 Å². The molecule has 0 saturated carbocycles. The lowest BCUT2D eigenvalue weighted by atomic mass is 10.1. The van der Waals surface area contributed by atoms with E-state index in [1.807, 2.05) is 49.6 Å². The van der Waals surface area contributed by atoms with Gasteiger partial charge in [-0.15, -0.1) is 11.3 Å². The number of nitrogens with zero attached hydrogens (tertiary/aromatic N) is 1. The van der Waals surface area contributed by atoms with E-state index in [-0.39, 0.29) is 5.57 Å². The molecule has 0 spiro atoms. The summed E-state index contributed by atoms with van der Waals surface area (Å²) in [6.45, 7) is 3.85. The summed E-state index contributed by atoms with van der Waals surface area (Å²) >= 11 is 4.87. The fourth-order valence-electron chi connectivity index (χ4n) is 1.91. The highest BCUT2D eigenvalue weighted by atomic mass is 79.9. The highest BCUT2D eigenvalue weighted by Crippen LogP contribution is 2.23. The first-order chi connectivity index (χ1) is 10.0. The van der Waals surface area contributed by atoms with E-state index < -0.39 is 5.91 Å². The lowest BCUT2D eigenvalue weighted by molar-refractivity contribution is -0.112. The third-order valence-electron chi connectivity index (χ3n) is 2.98. The van der Waals surface area contributed by atoms with Crippen LogP contribution in [0.3, 0.4) is 0 Å². The van der Waals surface area contributed by atoms with Crippen LogP contribution in [0.2, 0.25) is 0 Å². The molecule has 2 rings (SSSR count). The quantitative estimate of drug-likeness (QED) is 0.638. The number of amides is 1. The van der Waals surface area contributed by atoms with Crippen LogP contribution in [-0.4, -0.2) is 5.91 Å². The molecular weight excluding hydrogens is 348 g/mol. The largest absolute Gasteiger partial charge is 0.321 e. The number of hydrogen-bond acceptors (Lipinski definition) is 3. The summed E-state index contributed by atoms with van der Waals surface area (Å²) in [6, 6.07) is 9.61. The van der Waals surface area contributed by atoms with Crippen molar-refractivity contribution < 1.29 is 4.79 Å². The summed E-state index contributed by atoms with van der Waals surface area (Å²) in [6.07, 6.45) is 1.59. The molecule has 3 nitrogen and oxygen atoms in total. The molecule has 106 valence electrons. The summed E-state index contributed by atoms with van der Waals surface area (Å²) in [4.78, 5) is 12.2. The van der Waals surface area contributed by atoms with E-state index in [4.69, 9.17) is 0 Å². The highest BCUT2D eigenvalue weighted by molar-refractivity contribution is 9.11. The van der Waals surface area contributed by atoms with E-state index >= 15 is 0 Å². The number of nitriles is 1. The Bertz CT molecular complexity index is 736. The summed E-state index contributed by atoms with van der Waals surface area (Å²) in [5.74, 6) is -0.391. The lowest BCUT2D eigenvalue weighted by Gasteiger charge is -2.10. The van der Waals surface area contributed by atoms with Crippen LogP contribution in [0, 0.1) is 25.2 Å². The topological polar surface area (TPSA) is 52.9 Å². The van der Waals surface area contributed by atoms with Gasteiger partial charge in [0.2, 0.25) is 0 Å². The van der Waals surface area contributed by atoms with Gasteiger partial charge < -0.3 is 5.32 Å². The van der Waals surface area contributed by atoms with Crippen LogP contribution in [0.5, 0.6) is 0 Å². The van der Waals surface area contributed by atoms with Crippen molar-refractivity contribution in [1.29, 1.82) is 5.26 Å². The minimum atomic E-state index is -0.391. The molecule has 1 N–H and O–H groups in total. The van der Waals surface area contributed by atoms with E-state index in [1.165, 1.54) is 11.3 Å². The predicted octanol–water partition coefficient (Wildman–Crippen LogP) is 4.67. The average Bonchev–Trinajstić information content (AvgIpc) is 2.85. The predicted molar refractivity (Wildman–Crippen MR) is 90.2 cm³/mol. The maximum Gasteiger partial charge on any atom is 0.266 e. The molecular formula is C16H13BrN2OS. The number of rotatable bonds is 3. The minimum Gasteiger partial charge on any atom is -0.321 e. The molecule has 0 aliphatic heterocycles. The molecule has 1 aromatic heterocycles. The Morgan fingerprint density at radius 3 is 2.57 bits per heavy atom. The van der Waals surface area contributed by atoms with Crippen LogP contribution in [0.1, 0.15) is 16.7 Å². The number of nitrogens with one attached hydrogen (secondary N) is 1. The normalized spacial score (nSPS) is 11.0. The zero-order valence-electron chi connectivity index (χ0n) is 11.6. The van der Waals surface area contributed by atoms with Gasteiger partial charge in [-0.25, -0.2) is 0 Å². The first-order valence-corrected chi connectivity index (χ1v) is 7.92. The van der Waals surface area contributed by atoms with Crippen LogP contribution < -0.4 is 5.32 Å². The number of aryl methyl sites for hydroxylation is 2. The fraction of sp³-hybridized carbons (Fsp3) is 0.125. The molecule has 0 aliphatic carbocycles. The Kier molecular flexibility index (Phi) is 4.94. The van der Waals surface area contributed by atoms with Gasteiger partial charge in [0.15, 0.2) is 0 Å². The Morgan fingerprint density at radius 2 is 2.05 bits per heavy atom. The number of anilines is 1. The molecule has 0 saturated heterocycles. The Balaban J connectivity index is 2.26. The minimum absolute atomic E-state index is 0.0861.